The van der Waals surface area contributed by atoms with Crippen LogP contribution in [-0.2, 0) is 6.54 Å². The van der Waals surface area contributed by atoms with Gasteiger partial charge in [-0.3, -0.25) is 9.88 Å². The molecule has 0 bridgehead atoms. The van der Waals surface area contributed by atoms with E-state index in [9.17, 15) is 4.79 Å². The van der Waals surface area contributed by atoms with E-state index >= 15 is 0 Å². The van der Waals surface area contributed by atoms with Gasteiger partial charge >= 0.3 is 5.97 Å². The molecule has 1 aliphatic rings. The van der Waals surface area contributed by atoms with Crippen molar-refractivity contribution in [3.05, 3.63) is 29.6 Å². The zero-order valence-corrected chi connectivity index (χ0v) is 10.8. The standard InChI is InChI=1S/C14H20N2O2/c1-2-3-9-16(11-6-7-11)10-13-12(14(17)18)5-4-8-15-13/h4-5,8,11H,2-3,6-7,9-10H2,1H3,(H,17,18). The molecular weight excluding hydrogens is 228 g/mol. The van der Waals surface area contributed by atoms with Crippen LogP contribution in [0.3, 0.4) is 0 Å². The Balaban J connectivity index is 2.08. The molecule has 18 heavy (non-hydrogen) atoms. The third kappa shape index (κ3) is 3.29. The molecule has 1 aromatic rings. The van der Waals surface area contributed by atoms with Crippen molar-refractivity contribution in [2.75, 3.05) is 6.54 Å². The van der Waals surface area contributed by atoms with Gasteiger partial charge < -0.3 is 5.11 Å². The van der Waals surface area contributed by atoms with Crippen LogP contribution in [0.2, 0.25) is 0 Å². The second-order valence-electron chi connectivity index (χ2n) is 4.86. The lowest BCUT2D eigenvalue weighted by atomic mass is 10.1. The van der Waals surface area contributed by atoms with E-state index in [2.05, 4.69) is 16.8 Å². The summed E-state index contributed by atoms with van der Waals surface area (Å²) in [6, 6.07) is 3.95. The average molecular weight is 248 g/mol. The van der Waals surface area contributed by atoms with Crippen molar-refractivity contribution in [1.29, 1.82) is 0 Å². The maximum Gasteiger partial charge on any atom is 0.337 e. The number of carboxylic acid groups (broad SMARTS) is 1. The molecule has 0 aliphatic heterocycles. The normalized spacial score (nSPS) is 15.0. The molecule has 0 radical (unpaired) electrons. The van der Waals surface area contributed by atoms with Crippen molar-refractivity contribution < 1.29 is 9.90 Å². The first-order chi connectivity index (χ1) is 8.72. The molecule has 2 rings (SSSR count). The summed E-state index contributed by atoms with van der Waals surface area (Å²) in [6.07, 6.45) is 6.47. The molecular formula is C14H20N2O2. The SMILES string of the molecule is CCCCN(Cc1ncccc1C(=O)O)C1CC1. The Morgan fingerprint density at radius 1 is 1.56 bits per heavy atom. The van der Waals surface area contributed by atoms with Gasteiger partial charge in [0.1, 0.15) is 0 Å². The number of unbranched alkanes of at least 4 members (excludes halogenated alkanes) is 1. The van der Waals surface area contributed by atoms with Gasteiger partial charge in [-0.2, -0.15) is 0 Å². The molecule has 4 nitrogen and oxygen atoms in total. The highest BCUT2D eigenvalue weighted by Gasteiger charge is 2.29. The number of nitrogens with zero attached hydrogens (tertiary/aromatic N) is 2. The minimum atomic E-state index is -0.885. The minimum Gasteiger partial charge on any atom is -0.478 e. The largest absolute Gasteiger partial charge is 0.478 e. The summed E-state index contributed by atoms with van der Waals surface area (Å²) in [5.74, 6) is -0.885. The predicted molar refractivity (Wildman–Crippen MR) is 69.5 cm³/mol. The van der Waals surface area contributed by atoms with Gasteiger partial charge in [0.15, 0.2) is 0 Å². The number of carbonyl (C=O) groups is 1. The van der Waals surface area contributed by atoms with Crippen LogP contribution in [0.4, 0.5) is 0 Å². The topological polar surface area (TPSA) is 53.4 Å². The van der Waals surface area contributed by atoms with Crippen LogP contribution in [-0.4, -0.2) is 33.5 Å². The van der Waals surface area contributed by atoms with E-state index in [1.54, 1.807) is 18.3 Å². The molecule has 1 aliphatic carbocycles. The number of hydrogen-bond donors (Lipinski definition) is 1. The summed E-state index contributed by atoms with van der Waals surface area (Å²) in [4.78, 5) is 17.8. The van der Waals surface area contributed by atoms with Gasteiger partial charge in [-0.05, 0) is 37.9 Å². The van der Waals surface area contributed by atoms with Gasteiger partial charge in [0.25, 0.3) is 0 Å². The van der Waals surface area contributed by atoms with Crippen LogP contribution in [0, 0.1) is 0 Å². The number of pyridine rings is 1. The van der Waals surface area contributed by atoms with Crippen molar-refractivity contribution in [2.45, 2.75) is 45.2 Å². The first kappa shape index (κ1) is 13.0. The van der Waals surface area contributed by atoms with Gasteiger partial charge in [0.2, 0.25) is 0 Å². The highest BCUT2D eigenvalue weighted by atomic mass is 16.4. The average Bonchev–Trinajstić information content (AvgIpc) is 3.19. The number of carboxylic acids is 1. The molecule has 1 heterocycles. The number of hydrogen-bond acceptors (Lipinski definition) is 3. The highest BCUT2D eigenvalue weighted by Crippen LogP contribution is 2.28. The highest BCUT2D eigenvalue weighted by molar-refractivity contribution is 5.88. The zero-order valence-electron chi connectivity index (χ0n) is 10.8. The van der Waals surface area contributed by atoms with Gasteiger partial charge in [-0.15, -0.1) is 0 Å². The molecule has 1 fully saturated rings. The molecule has 4 heteroatoms. The fourth-order valence-electron chi connectivity index (χ4n) is 2.14. The third-order valence-electron chi connectivity index (χ3n) is 3.34. The number of aromatic carboxylic acids is 1. The van der Waals surface area contributed by atoms with Gasteiger partial charge in [-0.1, -0.05) is 13.3 Å². The summed E-state index contributed by atoms with van der Waals surface area (Å²) in [5, 5.41) is 9.15. The van der Waals surface area contributed by atoms with E-state index in [4.69, 9.17) is 5.11 Å². The van der Waals surface area contributed by atoms with Gasteiger partial charge in [0.05, 0.1) is 11.3 Å². The Bertz CT molecular complexity index is 416. The Kier molecular flexibility index (Phi) is 4.31. The van der Waals surface area contributed by atoms with Crippen molar-refractivity contribution in [3.8, 4) is 0 Å². The molecule has 98 valence electrons. The van der Waals surface area contributed by atoms with E-state index in [0.717, 1.165) is 19.4 Å². The second-order valence-corrected chi connectivity index (χ2v) is 4.86. The molecule has 0 atom stereocenters. The maximum atomic E-state index is 11.1. The van der Waals surface area contributed by atoms with Crippen molar-refractivity contribution in [2.24, 2.45) is 0 Å². The molecule has 0 spiro atoms. The van der Waals surface area contributed by atoms with Crippen LogP contribution in [0.15, 0.2) is 18.3 Å². The summed E-state index contributed by atoms with van der Waals surface area (Å²) < 4.78 is 0. The number of rotatable bonds is 7. The van der Waals surface area contributed by atoms with Gasteiger partial charge in [-0.25, -0.2) is 4.79 Å². The monoisotopic (exact) mass is 248 g/mol. The van der Waals surface area contributed by atoms with Crippen LogP contribution in [0.1, 0.15) is 48.7 Å². The Hall–Kier alpha value is -1.42. The second kappa shape index (κ2) is 5.96. The maximum absolute atomic E-state index is 11.1. The van der Waals surface area contributed by atoms with Crippen LogP contribution >= 0.6 is 0 Å². The summed E-state index contributed by atoms with van der Waals surface area (Å²) in [6.45, 7) is 3.87. The zero-order chi connectivity index (χ0) is 13.0. The van der Waals surface area contributed by atoms with Crippen LogP contribution in [0.25, 0.3) is 0 Å². The fourth-order valence-corrected chi connectivity index (χ4v) is 2.14. The van der Waals surface area contributed by atoms with Gasteiger partial charge in [0, 0.05) is 18.8 Å². The quantitative estimate of drug-likeness (QED) is 0.805. The predicted octanol–water partition coefficient (Wildman–Crippen LogP) is 2.54. The van der Waals surface area contributed by atoms with Crippen molar-refractivity contribution in [1.82, 2.24) is 9.88 Å². The lowest BCUT2D eigenvalue weighted by Gasteiger charge is -2.21. The van der Waals surface area contributed by atoms with Crippen LogP contribution in [0.5, 0.6) is 0 Å². The first-order valence-corrected chi connectivity index (χ1v) is 6.63. The van der Waals surface area contributed by atoms with E-state index in [1.165, 1.54) is 12.8 Å². The Morgan fingerprint density at radius 3 is 2.94 bits per heavy atom. The lowest BCUT2D eigenvalue weighted by Crippen LogP contribution is -2.28. The third-order valence-corrected chi connectivity index (χ3v) is 3.34. The Morgan fingerprint density at radius 2 is 2.33 bits per heavy atom. The molecule has 1 saturated carbocycles. The van der Waals surface area contributed by atoms with Crippen LogP contribution < -0.4 is 0 Å². The molecule has 0 amide bonds. The van der Waals surface area contributed by atoms with Crippen molar-refractivity contribution in [3.63, 3.8) is 0 Å². The van der Waals surface area contributed by atoms with E-state index in [-0.39, 0.29) is 0 Å². The molecule has 0 saturated heterocycles. The van der Waals surface area contributed by atoms with E-state index < -0.39 is 5.97 Å². The smallest absolute Gasteiger partial charge is 0.337 e. The van der Waals surface area contributed by atoms with Crippen molar-refractivity contribution >= 4 is 5.97 Å². The summed E-state index contributed by atoms with van der Waals surface area (Å²) >= 11 is 0. The van der Waals surface area contributed by atoms with E-state index in [1.807, 2.05) is 0 Å². The lowest BCUT2D eigenvalue weighted by molar-refractivity contribution is 0.0693. The molecule has 1 aromatic heterocycles. The first-order valence-electron chi connectivity index (χ1n) is 6.63. The summed E-state index contributed by atoms with van der Waals surface area (Å²) in [5.41, 5.74) is 1.02. The molecule has 1 N–H and O–H groups in total. The Labute approximate surface area is 108 Å². The summed E-state index contributed by atoms with van der Waals surface area (Å²) in [7, 11) is 0. The molecule has 0 aromatic carbocycles. The van der Waals surface area contributed by atoms with E-state index in [0.29, 0.717) is 23.8 Å². The molecule has 0 unspecified atom stereocenters. The fraction of sp³-hybridized carbons (Fsp3) is 0.571. The minimum absolute atomic E-state index is 0.333. The number of aromatic nitrogens is 1.